The molecule has 0 fully saturated rings. The molecule has 1 unspecified atom stereocenters. The number of hydrogen-bond donors (Lipinski definition) is 1. The fourth-order valence-corrected chi connectivity index (χ4v) is 6.17. The number of rotatable bonds is 7. The summed E-state index contributed by atoms with van der Waals surface area (Å²) in [4.78, 5) is 28.9. The topological polar surface area (TPSA) is 76.5 Å². The summed E-state index contributed by atoms with van der Waals surface area (Å²) < 4.78 is 20.5. The van der Waals surface area contributed by atoms with Crippen molar-refractivity contribution < 1.29 is 18.7 Å². The molecule has 3 heterocycles. The number of thiophene rings is 1. The van der Waals surface area contributed by atoms with Gasteiger partial charge in [-0.05, 0) is 35.7 Å². The summed E-state index contributed by atoms with van der Waals surface area (Å²) in [6.45, 7) is 6.81. The second kappa shape index (κ2) is 10.5. The normalized spacial score (nSPS) is 16.2. The molecule has 1 aliphatic rings. The smallest absolute Gasteiger partial charge is 0.240 e. The van der Waals surface area contributed by atoms with Crippen molar-refractivity contribution in [1.82, 2.24) is 15.1 Å². The highest BCUT2D eigenvalue weighted by molar-refractivity contribution is 8.00. The molecule has 186 valence electrons. The van der Waals surface area contributed by atoms with Gasteiger partial charge in [0.1, 0.15) is 18.2 Å². The van der Waals surface area contributed by atoms with Crippen LogP contribution in [0.4, 0.5) is 10.2 Å². The number of anilines is 1. The average Bonchev–Trinajstić information content (AvgIpc) is 3.45. The minimum absolute atomic E-state index is 0.126. The van der Waals surface area contributed by atoms with E-state index in [1.54, 1.807) is 47.0 Å². The lowest BCUT2D eigenvalue weighted by Gasteiger charge is -2.24. The first-order chi connectivity index (χ1) is 16.7. The van der Waals surface area contributed by atoms with E-state index in [9.17, 15) is 14.0 Å². The molecule has 0 bridgehead atoms. The molecule has 0 saturated heterocycles. The second-order valence-corrected chi connectivity index (χ2v) is 11.3. The van der Waals surface area contributed by atoms with Crippen LogP contribution in [0.1, 0.15) is 42.2 Å². The van der Waals surface area contributed by atoms with Gasteiger partial charge in [0.25, 0.3) is 0 Å². The van der Waals surface area contributed by atoms with Gasteiger partial charge in [-0.25, -0.2) is 9.07 Å². The molecular formula is C25H29FN4O3S2. The number of ether oxygens (including phenoxy) is 1. The van der Waals surface area contributed by atoms with E-state index in [0.717, 1.165) is 16.1 Å². The van der Waals surface area contributed by atoms with Crippen LogP contribution in [0.2, 0.25) is 0 Å². The van der Waals surface area contributed by atoms with E-state index in [1.165, 1.54) is 17.0 Å². The number of carbonyl (C=O) groups is 2. The molecule has 0 saturated carbocycles. The van der Waals surface area contributed by atoms with E-state index in [-0.39, 0.29) is 40.6 Å². The molecule has 1 aliphatic heterocycles. The molecule has 2 amide bonds. The Morgan fingerprint density at radius 3 is 2.63 bits per heavy atom. The molecule has 35 heavy (non-hydrogen) atoms. The maximum absolute atomic E-state index is 13.7. The van der Waals surface area contributed by atoms with Crippen LogP contribution in [0.15, 0.2) is 41.8 Å². The predicted molar refractivity (Wildman–Crippen MR) is 138 cm³/mol. The zero-order valence-electron chi connectivity index (χ0n) is 20.2. The van der Waals surface area contributed by atoms with Crippen molar-refractivity contribution in [2.75, 3.05) is 37.5 Å². The Bertz CT molecular complexity index is 1190. The van der Waals surface area contributed by atoms with E-state index >= 15 is 0 Å². The molecule has 10 heteroatoms. The quantitative estimate of drug-likeness (QED) is 0.474. The predicted octanol–water partition coefficient (Wildman–Crippen LogP) is 4.30. The van der Waals surface area contributed by atoms with Gasteiger partial charge >= 0.3 is 0 Å². The number of benzene rings is 1. The van der Waals surface area contributed by atoms with Crippen LogP contribution < -0.4 is 10.2 Å². The monoisotopic (exact) mass is 516 g/mol. The zero-order valence-corrected chi connectivity index (χ0v) is 21.8. The summed E-state index contributed by atoms with van der Waals surface area (Å²) in [5.74, 6) is -0.0568. The Hall–Kier alpha value is -2.69. The summed E-state index contributed by atoms with van der Waals surface area (Å²) >= 11 is 3.17. The fraction of sp³-hybridized carbons (Fsp3) is 0.400. The van der Waals surface area contributed by atoms with Gasteiger partial charge in [-0.3, -0.25) is 14.5 Å². The van der Waals surface area contributed by atoms with Crippen molar-refractivity contribution in [2.45, 2.75) is 31.4 Å². The number of halogens is 1. The minimum Gasteiger partial charge on any atom is -0.383 e. The van der Waals surface area contributed by atoms with Crippen LogP contribution in [0.25, 0.3) is 5.69 Å². The molecule has 4 rings (SSSR count). The number of methoxy groups -OCH3 is 1. The molecule has 2 aromatic heterocycles. The van der Waals surface area contributed by atoms with Crippen molar-refractivity contribution in [1.29, 1.82) is 0 Å². The summed E-state index contributed by atoms with van der Waals surface area (Å²) in [7, 11) is 1.56. The SMILES string of the molecule is COCCNC(=O)CN1C(=O)CSC(c2cccs2)c2c(C(C)(C)C)nn(-c3ccc(F)cc3)c21. The van der Waals surface area contributed by atoms with Crippen molar-refractivity contribution in [3.8, 4) is 5.69 Å². The van der Waals surface area contributed by atoms with Gasteiger partial charge in [0.2, 0.25) is 11.8 Å². The molecule has 1 N–H and O–H groups in total. The number of carbonyl (C=O) groups excluding carboxylic acids is 2. The van der Waals surface area contributed by atoms with Crippen LogP contribution in [0.3, 0.4) is 0 Å². The number of amides is 2. The average molecular weight is 517 g/mol. The van der Waals surface area contributed by atoms with Crippen molar-refractivity contribution in [2.24, 2.45) is 0 Å². The first-order valence-corrected chi connectivity index (χ1v) is 13.2. The number of fused-ring (bicyclic) bond motifs is 1. The van der Waals surface area contributed by atoms with E-state index in [0.29, 0.717) is 24.7 Å². The highest BCUT2D eigenvalue weighted by Crippen LogP contribution is 2.49. The minimum atomic E-state index is -0.361. The van der Waals surface area contributed by atoms with E-state index in [2.05, 4.69) is 32.2 Å². The largest absolute Gasteiger partial charge is 0.383 e. The third-order valence-electron chi connectivity index (χ3n) is 5.60. The zero-order chi connectivity index (χ0) is 25.2. The number of nitrogens with zero attached hydrogens (tertiary/aromatic N) is 3. The van der Waals surface area contributed by atoms with E-state index in [4.69, 9.17) is 9.84 Å². The Morgan fingerprint density at radius 1 is 1.26 bits per heavy atom. The third-order valence-corrected chi connectivity index (χ3v) is 7.93. The molecule has 0 aliphatic carbocycles. The van der Waals surface area contributed by atoms with Crippen molar-refractivity contribution in [3.63, 3.8) is 0 Å². The maximum atomic E-state index is 13.7. The second-order valence-electron chi connectivity index (χ2n) is 9.25. The van der Waals surface area contributed by atoms with E-state index < -0.39 is 0 Å². The first-order valence-electron chi connectivity index (χ1n) is 11.3. The molecule has 1 aromatic carbocycles. The summed E-state index contributed by atoms with van der Waals surface area (Å²) in [6, 6.07) is 10.1. The lowest BCUT2D eigenvalue weighted by molar-refractivity contribution is -0.123. The number of nitrogens with one attached hydrogen (secondary N) is 1. The molecule has 3 aromatic rings. The van der Waals surface area contributed by atoms with Crippen LogP contribution in [0.5, 0.6) is 0 Å². The van der Waals surface area contributed by atoms with E-state index in [1.807, 2.05) is 11.4 Å². The molecule has 0 spiro atoms. The number of aromatic nitrogens is 2. The number of hydrogen-bond acceptors (Lipinski definition) is 6. The summed E-state index contributed by atoms with van der Waals surface area (Å²) in [5.41, 5.74) is 2.02. The summed E-state index contributed by atoms with van der Waals surface area (Å²) in [6.07, 6.45) is 0. The van der Waals surface area contributed by atoms with Crippen LogP contribution in [-0.4, -0.2) is 54.2 Å². The third kappa shape index (κ3) is 5.44. The van der Waals surface area contributed by atoms with Gasteiger partial charge in [0, 0.05) is 29.5 Å². The first kappa shape index (κ1) is 25.4. The Labute approximate surface area is 212 Å². The van der Waals surface area contributed by atoms with Crippen molar-refractivity contribution >= 4 is 40.7 Å². The van der Waals surface area contributed by atoms with Gasteiger partial charge in [-0.2, -0.15) is 5.10 Å². The molecule has 0 radical (unpaired) electrons. The molecule has 1 atom stereocenters. The fourth-order valence-electron chi connectivity index (χ4n) is 3.99. The Kier molecular flexibility index (Phi) is 7.63. The van der Waals surface area contributed by atoms with Gasteiger partial charge in [0.15, 0.2) is 0 Å². The highest BCUT2D eigenvalue weighted by atomic mass is 32.2. The van der Waals surface area contributed by atoms with Gasteiger partial charge in [0.05, 0.1) is 29.0 Å². The van der Waals surface area contributed by atoms with Crippen molar-refractivity contribution in [3.05, 3.63) is 63.7 Å². The Balaban J connectivity index is 1.92. The van der Waals surface area contributed by atoms with Crippen LogP contribution in [0, 0.1) is 5.82 Å². The summed E-state index contributed by atoms with van der Waals surface area (Å²) in [5, 5.41) is 9.67. The molecular weight excluding hydrogens is 487 g/mol. The van der Waals surface area contributed by atoms with Crippen LogP contribution >= 0.6 is 23.1 Å². The van der Waals surface area contributed by atoms with Gasteiger partial charge in [-0.15, -0.1) is 23.1 Å². The molecule has 7 nitrogen and oxygen atoms in total. The lowest BCUT2D eigenvalue weighted by atomic mass is 9.88. The van der Waals surface area contributed by atoms with Gasteiger partial charge in [-0.1, -0.05) is 26.8 Å². The number of thioether (sulfide) groups is 1. The lowest BCUT2D eigenvalue weighted by Crippen LogP contribution is -2.43. The maximum Gasteiger partial charge on any atom is 0.240 e. The van der Waals surface area contributed by atoms with Gasteiger partial charge < -0.3 is 10.1 Å². The standard InChI is InChI=1S/C25H29FN4O3S2/c1-25(2,3)23-21-22(18-6-5-13-34-18)35-15-20(32)29(14-19(31)27-11-12-33-4)24(21)30(28-23)17-9-7-16(26)8-10-17/h5-10,13,22H,11-12,14-15H2,1-4H3,(H,27,31). The highest BCUT2D eigenvalue weighted by Gasteiger charge is 2.40. The van der Waals surface area contributed by atoms with Crippen LogP contribution in [-0.2, 0) is 19.7 Å². The Morgan fingerprint density at radius 2 is 2.00 bits per heavy atom.